The number of nitrogens with one attached hydrogen (secondary N) is 1. The number of phenols is 1. The largest absolute Gasteiger partial charge is 0.508 e. The number of benzene rings is 2. The van der Waals surface area contributed by atoms with Gasteiger partial charge in [-0.3, -0.25) is 24.8 Å². The minimum absolute atomic E-state index is 0.0818. The number of hydrogen-bond acceptors (Lipinski definition) is 9. The molecule has 4 atom stereocenters. The molecule has 14 heteroatoms. The highest BCUT2D eigenvalue weighted by Crippen LogP contribution is 2.43. The van der Waals surface area contributed by atoms with Crippen LogP contribution in [0.15, 0.2) is 34.9 Å². The summed E-state index contributed by atoms with van der Waals surface area (Å²) in [5.41, 5.74) is -0.703. The molecule has 10 nitrogen and oxygen atoms in total. The molecule has 45 heavy (non-hydrogen) atoms. The molecule has 0 saturated carbocycles. The Labute approximate surface area is 262 Å². The molecular formula is C31H26BrF3N6O4. The highest BCUT2D eigenvalue weighted by Gasteiger charge is 2.50. The van der Waals surface area contributed by atoms with Crippen LogP contribution in [0.4, 0.5) is 19.0 Å². The molecule has 2 amide bonds. The Morgan fingerprint density at radius 1 is 1.11 bits per heavy atom. The van der Waals surface area contributed by atoms with E-state index in [0.717, 1.165) is 19.4 Å². The summed E-state index contributed by atoms with van der Waals surface area (Å²) < 4.78 is 51.9. The average Bonchev–Trinajstić information content (AvgIpc) is 3.75. The molecule has 4 aliphatic heterocycles. The molecule has 0 radical (unpaired) electrons. The molecule has 6 heterocycles. The summed E-state index contributed by atoms with van der Waals surface area (Å²) in [6, 6.07) is 5.31. The first-order valence-corrected chi connectivity index (χ1v) is 15.5. The van der Waals surface area contributed by atoms with Crippen LogP contribution >= 0.6 is 15.9 Å². The number of phenolic OH excluding ortho intramolecular Hbond substituents is 1. The zero-order valence-corrected chi connectivity index (χ0v) is 25.3. The summed E-state index contributed by atoms with van der Waals surface area (Å²) in [7, 11) is 0. The van der Waals surface area contributed by atoms with Gasteiger partial charge in [0, 0.05) is 43.2 Å². The zero-order chi connectivity index (χ0) is 31.2. The number of aromatic hydroxyl groups is 1. The number of carbonyl (C=O) groups excluding carboxylic acids is 2. The molecule has 2 N–H and O–H groups in total. The third-order valence-corrected chi connectivity index (χ3v) is 10.4. The van der Waals surface area contributed by atoms with Gasteiger partial charge in [-0.15, -0.1) is 0 Å². The molecule has 0 aliphatic carbocycles. The van der Waals surface area contributed by atoms with Crippen LogP contribution in [0.5, 0.6) is 11.8 Å². The maximum absolute atomic E-state index is 16.7. The smallest absolute Gasteiger partial charge is 0.319 e. The van der Waals surface area contributed by atoms with Crippen molar-refractivity contribution in [3.8, 4) is 23.0 Å². The molecule has 8 rings (SSSR count). The van der Waals surface area contributed by atoms with Gasteiger partial charge < -0.3 is 14.7 Å². The lowest BCUT2D eigenvalue weighted by Gasteiger charge is -2.31. The number of imide groups is 1. The quantitative estimate of drug-likeness (QED) is 0.298. The summed E-state index contributed by atoms with van der Waals surface area (Å²) in [5.74, 6) is -3.26. The molecule has 232 valence electrons. The van der Waals surface area contributed by atoms with E-state index in [1.807, 2.05) is 0 Å². The van der Waals surface area contributed by atoms with Gasteiger partial charge >= 0.3 is 6.01 Å². The Morgan fingerprint density at radius 2 is 1.89 bits per heavy atom. The van der Waals surface area contributed by atoms with Gasteiger partial charge in [-0.25, -0.2) is 13.2 Å². The second-order valence-corrected chi connectivity index (χ2v) is 13.1. The Balaban J connectivity index is 1.27. The Hall–Kier alpha value is -4.04. The van der Waals surface area contributed by atoms with Crippen LogP contribution < -0.4 is 15.0 Å². The highest BCUT2D eigenvalue weighted by atomic mass is 79.9. The van der Waals surface area contributed by atoms with E-state index in [9.17, 15) is 23.5 Å². The fourth-order valence-electron chi connectivity index (χ4n) is 7.54. The zero-order valence-electron chi connectivity index (χ0n) is 23.7. The molecule has 2 aromatic heterocycles. The SMILES string of the molecule is O=C1NC(=O)C2CN(c3nc(OC[C@@]45CCCN4C[C@H](F)C5)nc4c(F)c(-c5cc(O)cc6ccc(F)c(Br)c56)ncc34)CC12. The molecule has 4 aliphatic rings. The van der Waals surface area contributed by atoms with Gasteiger partial charge in [0.05, 0.1) is 27.2 Å². The first kappa shape index (κ1) is 28.4. The minimum atomic E-state index is -0.970. The fourth-order valence-corrected chi connectivity index (χ4v) is 8.12. The van der Waals surface area contributed by atoms with Crippen molar-refractivity contribution in [2.45, 2.75) is 31.0 Å². The summed E-state index contributed by atoms with van der Waals surface area (Å²) >= 11 is 3.26. The van der Waals surface area contributed by atoms with Crippen LogP contribution in [0, 0.1) is 23.5 Å². The van der Waals surface area contributed by atoms with Crippen molar-refractivity contribution in [1.82, 2.24) is 25.2 Å². The van der Waals surface area contributed by atoms with Crippen molar-refractivity contribution in [2.24, 2.45) is 11.8 Å². The van der Waals surface area contributed by atoms with E-state index in [4.69, 9.17) is 4.74 Å². The number of rotatable bonds is 5. The lowest BCUT2D eigenvalue weighted by atomic mass is 9.95. The van der Waals surface area contributed by atoms with E-state index in [0.29, 0.717) is 23.7 Å². The number of anilines is 1. The van der Waals surface area contributed by atoms with Crippen LogP contribution in [0.2, 0.25) is 0 Å². The van der Waals surface area contributed by atoms with Crippen LogP contribution in [0.1, 0.15) is 19.3 Å². The maximum atomic E-state index is 16.7. The molecule has 4 saturated heterocycles. The number of fused-ring (bicyclic) bond motifs is 4. The third kappa shape index (κ3) is 4.43. The highest BCUT2D eigenvalue weighted by molar-refractivity contribution is 9.10. The van der Waals surface area contributed by atoms with Crippen LogP contribution in [0.3, 0.4) is 0 Å². The van der Waals surface area contributed by atoms with Crippen molar-refractivity contribution in [3.63, 3.8) is 0 Å². The first-order valence-electron chi connectivity index (χ1n) is 14.7. The van der Waals surface area contributed by atoms with E-state index in [1.54, 1.807) is 4.90 Å². The van der Waals surface area contributed by atoms with E-state index in [-0.39, 0.29) is 75.7 Å². The number of carbonyl (C=O) groups is 2. The number of pyridine rings is 1. The molecule has 4 fully saturated rings. The second kappa shape index (κ2) is 10.2. The average molecular weight is 683 g/mol. The van der Waals surface area contributed by atoms with Gasteiger partial charge in [0.1, 0.15) is 41.4 Å². The number of alkyl halides is 1. The number of amides is 2. The normalized spacial score (nSPS) is 26.2. The number of aromatic nitrogens is 3. The summed E-state index contributed by atoms with van der Waals surface area (Å²) in [4.78, 5) is 42.1. The van der Waals surface area contributed by atoms with Crippen LogP contribution in [0.25, 0.3) is 32.9 Å². The van der Waals surface area contributed by atoms with Gasteiger partial charge in [0.25, 0.3) is 0 Å². The topological polar surface area (TPSA) is 121 Å². The summed E-state index contributed by atoms with van der Waals surface area (Å²) in [5, 5.41) is 13.8. The molecule has 2 aromatic carbocycles. The standard InChI is InChI=1S/C31H26BrF3N6O4/c32-23-21(34)3-2-14-6-16(42)7-17(22(14)23)25-24(35)26-18(9-36-25)27(40-11-19-20(12-40)29(44)39-28(19)43)38-30(37-26)45-13-31-4-1-5-41(31)10-15(33)8-31/h2-3,6-7,9,15,19-20,42H,1,4-5,8,10-13H2,(H,39,43,44)/t15-,19?,20?,31+/m1/s1. The Bertz CT molecular complexity index is 1930. The van der Waals surface area contributed by atoms with Gasteiger partial charge in [0.2, 0.25) is 11.8 Å². The lowest BCUT2D eigenvalue weighted by Crippen LogP contribution is -2.43. The van der Waals surface area contributed by atoms with E-state index in [2.05, 4.69) is 41.1 Å². The van der Waals surface area contributed by atoms with Gasteiger partial charge in [-0.05, 0) is 58.9 Å². The van der Waals surface area contributed by atoms with Gasteiger partial charge in [0.15, 0.2) is 5.82 Å². The molecule has 2 unspecified atom stereocenters. The van der Waals surface area contributed by atoms with Crippen molar-refractivity contribution in [3.05, 3.63) is 46.6 Å². The van der Waals surface area contributed by atoms with Crippen LogP contribution in [-0.2, 0) is 9.59 Å². The fraction of sp³-hybridized carbons (Fsp3) is 0.387. The van der Waals surface area contributed by atoms with Crippen LogP contribution in [-0.4, -0.2) is 81.3 Å². The third-order valence-electron chi connectivity index (χ3n) is 9.66. The van der Waals surface area contributed by atoms with Crippen molar-refractivity contribution in [2.75, 3.05) is 37.7 Å². The minimum Gasteiger partial charge on any atom is -0.508 e. The van der Waals surface area contributed by atoms with Gasteiger partial charge in [-0.1, -0.05) is 6.07 Å². The number of nitrogens with zero attached hydrogens (tertiary/aromatic N) is 5. The van der Waals surface area contributed by atoms with Crippen molar-refractivity contribution in [1.29, 1.82) is 0 Å². The maximum Gasteiger partial charge on any atom is 0.319 e. The Morgan fingerprint density at radius 3 is 2.67 bits per heavy atom. The number of halogens is 4. The molecule has 4 aromatic rings. The Kier molecular flexibility index (Phi) is 6.47. The summed E-state index contributed by atoms with van der Waals surface area (Å²) in [6.07, 6.45) is 2.39. The predicted octanol–water partition coefficient (Wildman–Crippen LogP) is 4.26. The van der Waals surface area contributed by atoms with E-state index < -0.39 is 35.2 Å². The van der Waals surface area contributed by atoms with Crippen molar-refractivity contribution >= 4 is 55.2 Å². The molecular weight excluding hydrogens is 657 g/mol. The molecule has 0 spiro atoms. The number of ether oxygens (including phenoxy) is 1. The monoisotopic (exact) mass is 682 g/mol. The number of hydrogen-bond donors (Lipinski definition) is 2. The first-order chi connectivity index (χ1) is 21.6. The predicted molar refractivity (Wildman–Crippen MR) is 160 cm³/mol. The molecule has 0 bridgehead atoms. The second-order valence-electron chi connectivity index (χ2n) is 12.3. The van der Waals surface area contributed by atoms with Crippen molar-refractivity contribution < 1.29 is 32.6 Å². The van der Waals surface area contributed by atoms with E-state index >= 15 is 4.39 Å². The van der Waals surface area contributed by atoms with Gasteiger partial charge in [-0.2, -0.15) is 9.97 Å². The van der Waals surface area contributed by atoms with E-state index in [1.165, 1.54) is 30.5 Å². The summed E-state index contributed by atoms with van der Waals surface area (Å²) in [6.45, 7) is 1.53. The lowest BCUT2D eigenvalue weighted by molar-refractivity contribution is -0.126.